The maximum absolute atomic E-state index is 16.5. The molecule has 93 heavy (non-hydrogen) atoms. The number of H-pyrrole nitrogens is 2. The molecular formula is C73H98F6N8O4S2. The zero-order chi connectivity index (χ0) is 67.0. The molecule has 0 saturated heterocycles. The number of hydrogen-bond acceptors (Lipinski definition) is 8. The van der Waals surface area contributed by atoms with Gasteiger partial charge in [-0.05, 0) is 99.9 Å². The Morgan fingerprint density at radius 3 is 0.989 bits per heavy atom. The average molecular weight is 1330 g/mol. The van der Waals surface area contributed by atoms with Crippen LogP contribution in [0.1, 0.15) is 250 Å². The normalized spacial score (nSPS) is 14.1. The number of thiophene rings is 2. The Kier molecular flexibility index (Phi) is 28.9. The van der Waals surface area contributed by atoms with Gasteiger partial charge in [-0.3, -0.25) is 20.2 Å². The van der Waals surface area contributed by atoms with Crippen LogP contribution in [0.5, 0.6) is 0 Å². The number of nitrogens with zero attached hydrogens (tertiary/aromatic N) is 2. The van der Waals surface area contributed by atoms with E-state index in [-0.39, 0.29) is 32.8 Å². The highest BCUT2D eigenvalue weighted by Gasteiger charge is 2.80. The minimum absolute atomic E-state index is 0.0241. The van der Waals surface area contributed by atoms with Crippen molar-refractivity contribution in [1.29, 1.82) is 0 Å². The van der Waals surface area contributed by atoms with Gasteiger partial charge in [0.1, 0.15) is 0 Å². The number of amides is 4. The second-order valence-electron chi connectivity index (χ2n) is 25.3. The smallest absolute Gasteiger partial charge is 0.329 e. The average Bonchev–Trinajstić information content (AvgIpc) is 1.52. The minimum Gasteiger partial charge on any atom is -0.329 e. The Labute approximate surface area is 553 Å². The number of carbonyl (C=O) groups excluding carboxylic acids is 2. The zero-order valence-corrected chi connectivity index (χ0v) is 57.1. The molecule has 0 fully saturated rings. The molecule has 20 heteroatoms. The van der Waals surface area contributed by atoms with E-state index in [0.717, 1.165) is 61.2 Å². The molecular weight excluding hydrogens is 1230 g/mol. The number of halogens is 6. The Morgan fingerprint density at radius 2 is 0.699 bits per heavy atom. The highest BCUT2D eigenvalue weighted by atomic mass is 32.1. The Hall–Kier alpha value is -6.54. The lowest BCUT2D eigenvalue weighted by Gasteiger charge is -2.26. The molecule has 0 bridgehead atoms. The van der Waals surface area contributed by atoms with E-state index in [1.165, 1.54) is 194 Å². The van der Waals surface area contributed by atoms with Gasteiger partial charge in [-0.2, -0.15) is 36.3 Å². The Balaban J connectivity index is 0.931. The number of rotatable bonds is 40. The van der Waals surface area contributed by atoms with Gasteiger partial charge in [0.05, 0.1) is 0 Å². The van der Waals surface area contributed by atoms with E-state index in [2.05, 4.69) is 55.1 Å². The first-order valence-corrected chi connectivity index (χ1v) is 36.0. The van der Waals surface area contributed by atoms with Crippen LogP contribution in [-0.4, -0.2) is 49.8 Å². The van der Waals surface area contributed by atoms with E-state index in [1.54, 1.807) is 48.5 Å². The summed E-state index contributed by atoms with van der Waals surface area (Å²) >= 11 is 1.99. The van der Waals surface area contributed by atoms with E-state index in [0.29, 0.717) is 56.5 Å². The van der Waals surface area contributed by atoms with Crippen LogP contribution < -0.4 is 32.4 Å². The molecule has 1 aliphatic carbocycles. The molecule has 0 atom stereocenters. The lowest BCUT2D eigenvalue weighted by Crippen LogP contribution is -2.49. The van der Waals surface area contributed by atoms with E-state index >= 15 is 26.3 Å². The number of urea groups is 2. The van der Waals surface area contributed by atoms with Crippen molar-refractivity contribution in [3.8, 4) is 20.9 Å². The van der Waals surface area contributed by atoms with Crippen molar-refractivity contribution in [2.24, 2.45) is 0 Å². The number of carbonyl (C=O) groups is 2. The molecule has 0 spiro atoms. The summed E-state index contributed by atoms with van der Waals surface area (Å²) in [5.74, 6) is -16.4. The van der Waals surface area contributed by atoms with Gasteiger partial charge in [-0.25, -0.2) is 9.59 Å². The second kappa shape index (κ2) is 36.4. The first-order valence-electron chi connectivity index (χ1n) is 34.3. The van der Waals surface area contributed by atoms with Gasteiger partial charge in [0.2, 0.25) is 11.9 Å². The van der Waals surface area contributed by atoms with Crippen molar-refractivity contribution in [3.05, 3.63) is 125 Å². The predicted molar refractivity (Wildman–Crippen MR) is 372 cm³/mol. The summed E-state index contributed by atoms with van der Waals surface area (Å²) in [5, 5.41) is 10.5. The number of hydrogen-bond donors (Lipinski definition) is 6. The highest BCUT2D eigenvalue weighted by molar-refractivity contribution is 7.16. The third-order valence-electron chi connectivity index (χ3n) is 17.8. The van der Waals surface area contributed by atoms with Crippen molar-refractivity contribution < 1.29 is 35.9 Å². The lowest BCUT2D eigenvalue weighted by molar-refractivity contribution is -0.254. The van der Waals surface area contributed by atoms with E-state index in [9.17, 15) is 19.2 Å². The molecule has 0 unspecified atom stereocenters. The van der Waals surface area contributed by atoms with Crippen LogP contribution >= 0.6 is 22.7 Å². The summed E-state index contributed by atoms with van der Waals surface area (Å²) in [6, 6.07) is 14.0. The monoisotopic (exact) mass is 1330 g/mol. The van der Waals surface area contributed by atoms with E-state index in [1.807, 2.05) is 0 Å². The molecule has 6 N–H and O–H groups in total. The van der Waals surface area contributed by atoms with Crippen LogP contribution in [0.15, 0.2) is 70.3 Å². The number of benzene rings is 2. The molecule has 1 aliphatic rings. The maximum Gasteiger partial charge on any atom is 0.380 e. The standard InChI is InChI=1S/C73H98F6N8O4S2/c1-7-9-11-13-15-17-19-21-23-25-27-29-31-33-35-37-57-47-59(88)84-67(80-57)86-69(90)82-55-43-39-53(40-44-55)65-49(3)61(51(5)92-65)63-64(72(76,77)73(78,79)71(63,74)75)62-50(4)66(93-52(62)6)54-41-45-56(46-42-54)83-70(91)87-68-81-58(48-60(89)85-68)38-36-34-32-30-28-26-24-22-20-18-16-14-12-10-8-2/h39-48H,7-38H2,1-6H3,(H3,80,82,84,86,88,90)(H3,81,83,85,87,89,91). The number of aromatic nitrogens is 4. The highest BCUT2D eigenvalue weighted by Crippen LogP contribution is 2.67. The fourth-order valence-corrected chi connectivity index (χ4v) is 15.1. The van der Waals surface area contributed by atoms with Crippen molar-refractivity contribution in [2.45, 2.75) is 265 Å². The summed E-state index contributed by atoms with van der Waals surface area (Å²) in [7, 11) is 0. The quantitative estimate of drug-likeness (QED) is 0.0165. The van der Waals surface area contributed by atoms with Gasteiger partial charge in [-0.15, -0.1) is 22.7 Å². The van der Waals surface area contributed by atoms with Crippen molar-refractivity contribution in [3.63, 3.8) is 0 Å². The number of unbranched alkanes of at least 4 members (excludes halogenated alkanes) is 28. The molecule has 12 nitrogen and oxygen atoms in total. The van der Waals surface area contributed by atoms with Gasteiger partial charge >= 0.3 is 29.8 Å². The van der Waals surface area contributed by atoms with Crippen LogP contribution in [0.3, 0.4) is 0 Å². The van der Waals surface area contributed by atoms with Crippen LogP contribution in [0, 0.1) is 27.7 Å². The summed E-state index contributed by atoms with van der Waals surface area (Å²) in [6.07, 6.45) is 38.5. The number of allylic oxidation sites excluding steroid dienone is 2. The summed E-state index contributed by atoms with van der Waals surface area (Å²) in [4.78, 5) is 66.2. The second-order valence-corrected chi connectivity index (χ2v) is 27.8. The third kappa shape index (κ3) is 20.7. The molecule has 7 rings (SSSR count). The first-order chi connectivity index (χ1) is 44.7. The number of nitrogens with one attached hydrogen (secondary N) is 6. The third-order valence-corrected chi connectivity index (χ3v) is 20.3. The van der Waals surface area contributed by atoms with Gasteiger partial charge in [-0.1, -0.05) is 218 Å². The van der Waals surface area contributed by atoms with Crippen molar-refractivity contribution in [1.82, 2.24) is 19.9 Å². The fraction of sp³-hybridized carbons (Fsp3) is 0.562. The molecule has 0 saturated carbocycles. The zero-order valence-electron chi connectivity index (χ0n) is 55.5. The summed E-state index contributed by atoms with van der Waals surface area (Å²) in [6.45, 7) is 10.2. The Bertz CT molecular complexity index is 3280. The van der Waals surface area contributed by atoms with Crippen molar-refractivity contribution in [2.75, 3.05) is 21.3 Å². The fourth-order valence-electron chi connectivity index (χ4n) is 12.7. The molecule has 2 aromatic carbocycles. The SMILES string of the molecule is CCCCCCCCCCCCCCCCCc1cc(=O)nc(NC(=O)Nc2ccc(-c3sc(C)c(C4=C(c5c(C)sc(-c6ccc(NC(=O)Nc7nc(=O)cc(CCCCCCCCCCCCCCCCC)[nH]7)cc6)c5C)C(F)(F)C(F)(F)C4(F)F)c3C)cc2)[nH]1. The van der Waals surface area contributed by atoms with Gasteiger partial charge in [0.25, 0.3) is 11.1 Å². The van der Waals surface area contributed by atoms with Gasteiger partial charge < -0.3 is 20.6 Å². The maximum atomic E-state index is 16.5. The Morgan fingerprint density at radius 1 is 0.419 bits per heavy atom. The van der Waals surface area contributed by atoms with Gasteiger partial charge in [0, 0.05) is 76.7 Å². The summed E-state index contributed by atoms with van der Waals surface area (Å²) < 4.78 is 97.8. The number of anilines is 4. The molecule has 0 aliphatic heterocycles. The largest absolute Gasteiger partial charge is 0.380 e. The minimum atomic E-state index is -5.79. The molecule has 4 heterocycles. The van der Waals surface area contributed by atoms with Crippen LogP contribution in [0.4, 0.5) is 59.2 Å². The van der Waals surface area contributed by atoms with Crippen LogP contribution in [-0.2, 0) is 12.8 Å². The van der Waals surface area contributed by atoms with Gasteiger partial charge in [0.15, 0.2) is 0 Å². The predicted octanol–water partition coefficient (Wildman–Crippen LogP) is 22.5. The number of alkyl halides is 6. The molecule has 6 aromatic rings. The molecule has 0 radical (unpaired) electrons. The topological polar surface area (TPSA) is 174 Å². The summed E-state index contributed by atoms with van der Waals surface area (Å²) in [5.41, 5.74) is -1.65. The first kappa shape index (κ1) is 73.9. The number of aromatic amines is 2. The molecule has 4 aromatic heterocycles. The van der Waals surface area contributed by atoms with Crippen LogP contribution in [0.25, 0.3) is 32.0 Å². The van der Waals surface area contributed by atoms with Crippen LogP contribution in [0.2, 0.25) is 0 Å². The van der Waals surface area contributed by atoms with E-state index < -0.39 is 63.2 Å². The van der Waals surface area contributed by atoms with E-state index in [4.69, 9.17) is 0 Å². The molecule has 4 amide bonds. The lowest BCUT2D eigenvalue weighted by atomic mass is 9.90. The number of aryl methyl sites for hydroxylation is 4. The van der Waals surface area contributed by atoms with Crippen molar-refractivity contribution >= 4 is 69.2 Å². The molecule has 508 valence electrons.